The van der Waals surface area contributed by atoms with E-state index in [1.54, 1.807) is 12.1 Å². The van der Waals surface area contributed by atoms with Crippen molar-refractivity contribution in [2.75, 3.05) is 11.9 Å². The third-order valence-electron chi connectivity index (χ3n) is 5.15. The van der Waals surface area contributed by atoms with Gasteiger partial charge < -0.3 is 15.2 Å². The highest BCUT2D eigenvalue weighted by Crippen LogP contribution is 2.25. The van der Waals surface area contributed by atoms with Crippen molar-refractivity contribution in [2.45, 2.75) is 38.1 Å². The molecule has 0 unspecified atom stereocenters. The number of halogens is 1. The number of nitrogens with one attached hydrogen (secondary N) is 2. The van der Waals surface area contributed by atoms with Crippen LogP contribution in [-0.2, 0) is 6.42 Å². The Kier molecular flexibility index (Phi) is 5.34. The van der Waals surface area contributed by atoms with Gasteiger partial charge in [0.1, 0.15) is 11.6 Å². The minimum Gasteiger partial charge on any atom is -0.346 e. The number of H-pyrrole nitrogens is 1. The summed E-state index contributed by atoms with van der Waals surface area (Å²) in [6.07, 6.45) is 5.60. The standard InChI is InChI=1S/C21H23FN4S/c22-15-9-11-16(12-10-15)23-21(27)26(17-5-1-2-6-17)14-13-20-24-18-7-3-4-8-19(18)25-20/h3-4,7-12,17H,1-2,5-6,13-14H2,(H,23,27)(H,24,25). The first kappa shape index (κ1) is 17.9. The van der Waals surface area contributed by atoms with Crippen LogP contribution < -0.4 is 5.32 Å². The molecule has 0 bridgehead atoms. The van der Waals surface area contributed by atoms with E-state index in [2.05, 4.69) is 20.2 Å². The van der Waals surface area contributed by atoms with Crippen LogP contribution in [-0.4, -0.2) is 32.6 Å². The average Bonchev–Trinajstić information content (AvgIpc) is 3.33. The zero-order chi connectivity index (χ0) is 18.6. The van der Waals surface area contributed by atoms with Crippen molar-refractivity contribution in [1.29, 1.82) is 0 Å². The summed E-state index contributed by atoms with van der Waals surface area (Å²) in [7, 11) is 0. The SMILES string of the molecule is Fc1ccc(NC(=S)N(CCc2nc3ccccc3[nH]2)C2CCCC2)cc1. The number of thiocarbonyl (C=S) groups is 1. The summed E-state index contributed by atoms with van der Waals surface area (Å²) < 4.78 is 13.1. The Labute approximate surface area is 163 Å². The van der Waals surface area contributed by atoms with Crippen molar-refractivity contribution in [3.8, 4) is 0 Å². The van der Waals surface area contributed by atoms with Gasteiger partial charge in [-0.25, -0.2) is 9.37 Å². The lowest BCUT2D eigenvalue weighted by Crippen LogP contribution is -2.42. The quantitative estimate of drug-likeness (QED) is 0.617. The summed E-state index contributed by atoms with van der Waals surface area (Å²) in [6.45, 7) is 0.803. The van der Waals surface area contributed by atoms with Crippen molar-refractivity contribution < 1.29 is 4.39 Å². The van der Waals surface area contributed by atoms with Gasteiger partial charge in [0.2, 0.25) is 0 Å². The lowest BCUT2D eigenvalue weighted by molar-refractivity contribution is 0.320. The van der Waals surface area contributed by atoms with Crippen LogP contribution in [0.3, 0.4) is 0 Å². The predicted molar refractivity (Wildman–Crippen MR) is 111 cm³/mol. The van der Waals surface area contributed by atoms with Gasteiger partial charge in [-0.15, -0.1) is 0 Å². The highest BCUT2D eigenvalue weighted by Gasteiger charge is 2.24. The molecule has 27 heavy (non-hydrogen) atoms. The maximum absolute atomic E-state index is 13.1. The van der Waals surface area contributed by atoms with E-state index in [1.165, 1.54) is 25.0 Å². The first-order valence-corrected chi connectivity index (χ1v) is 9.87. The Bertz CT molecular complexity index is 882. The van der Waals surface area contributed by atoms with Crippen LogP contribution in [0.5, 0.6) is 0 Å². The molecular weight excluding hydrogens is 359 g/mol. The summed E-state index contributed by atoms with van der Waals surface area (Å²) in [4.78, 5) is 10.3. The molecule has 1 saturated carbocycles. The molecule has 2 aromatic carbocycles. The van der Waals surface area contributed by atoms with Crippen LogP contribution in [0.15, 0.2) is 48.5 Å². The van der Waals surface area contributed by atoms with Gasteiger partial charge in [-0.2, -0.15) is 0 Å². The zero-order valence-corrected chi connectivity index (χ0v) is 15.9. The van der Waals surface area contributed by atoms with Gasteiger partial charge in [0.05, 0.1) is 11.0 Å². The Balaban J connectivity index is 1.46. The van der Waals surface area contributed by atoms with E-state index in [4.69, 9.17) is 12.2 Å². The Morgan fingerprint density at radius 2 is 1.89 bits per heavy atom. The van der Waals surface area contributed by atoms with Gasteiger partial charge in [-0.05, 0) is 61.5 Å². The molecule has 3 aromatic rings. The lowest BCUT2D eigenvalue weighted by atomic mass is 10.2. The number of fused-ring (bicyclic) bond motifs is 1. The highest BCUT2D eigenvalue weighted by molar-refractivity contribution is 7.80. The van der Waals surface area contributed by atoms with Crippen LogP contribution >= 0.6 is 12.2 Å². The second-order valence-corrected chi connectivity index (χ2v) is 7.41. The number of para-hydroxylation sites is 2. The minimum absolute atomic E-state index is 0.246. The van der Waals surface area contributed by atoms with Crippen molar-refractivity contribution >= 4 is 34.1 Å². The normalized spacial score (nSPS) is 14.6. The fourth-order valence-corrected chi connectivity index (χ4v) is 4.10. The predicted octanol–water partition coefficient (Wildman–Crippen LogP) is 4.89. The summed E-state index contributed by atoms with van der Waals surface area (Å²) >= 11 is 5.70. The number of imidazole rings is 1. The maximum atomic E-state index is 13.1. The van der Waals surface area contributed by atoms with E-state index in [1.807, 2.05) is 24.3 Å². The molecule has 1 aromatic heterocycles. The molecule has 1 aliphatic carbocycles. The highest BCUT2D eigenvalue weighted by atomic mass is 32.1. The largest absolute Gasteiger partial charge is 0.346 e. The number of nitrogens with zero attached hydrogens (tertiary/aromatic N) is 2. The van der Waals surface area contributed by atoms with Crippen LogP contribution in [0, 0.1) is 5.82 Å². The van der Waals surface area contributed by atoms with E-state index in [0.29, 0.717) is 11.2 Å². The number of rotatable bonds is 5. The van der Waals surface area contributed by atoms with E-state index in [9.17, 15) is 4.39 Å². The summed E-state index contributed by atoms with van der Waals surface area (Å²) in [5, 5.41) is 3.97. The molecule has 1 aliphatic rings. The molecule has 4 rings (SSSR count). The molecule has 4 nitrogen and oxygen atoms in total. The van der Waals surface area contributed by atoms with E-state index >= 15 is 0 Å². The zero-order valence-electron chi connectivity index (χ0n) is 15.1. The first-order chi connectivity index (χ1) is 13.2. The van der Waals surface area contributed by atoms with Crippen LogP contribution in [0.25, 0.3) is 11.0 Å². The number of benzene rings is 2. The topological polar surface area (TPSA) is 44.0 Å². The second kappa shape index (κ2) is 8.05. The van der Waals surface area contributed by atoms with E-state index < -0.39 is 0 Å². The number of hydrogen-bond donors (Lipinski definition) is 2. The summed E-state index contributed by atoms with van der Waals surface area (Å²) in [5.74, 6) is 0.729. The molecule has 1 fully saturated rings. The number of anilines is 1. The fourth-order valence-electron chi connectivity index (χ4n) is 3.74. The van der Waals surface area contributed by atoms with Crippen molar-refractivity contribution in [3.05, 3.63) is 60.2 Å². The molecule has 6 heteroatoms. The third kappa shape index (κ3) is 4.27. The van der Waals surface area contributed by atoms with Crippen molar-refractivity contribution in [1.82, 2.24) is 14.9 Å². The average molecular weight is 383 g/mol. The van der Waals surface area contributed by atoms with E-state index in [0.717, 1.165) is 48.4 Å². The fraction of sp³-hybridized carbons (Fsp3) is 0.333. The molecule has 0 saturated heterocycles. The van der Waals surface area contributed by atoms with Gasteiger partial charge >= 0.3 is 0 Å². The number of aromatic nitrogens is 2. The summed E-state index contributed by atoms with van der Waals surface area (Å²) in [5.41, 5.74) is 2.87. The Morgan fingerprint density at radius 1 is 1.15 bits per heavy atom. The van der Waals surface area contributed by atoms with Crippen molar-refractivity contribution in [3.63, 3.8) is 0 Å². The van der Waals surface area contributed by atoms with E-state index in [-0.39, 0.29) is 5.82 Å². The first-order valence-electron chi connectivity index (χ1n) is 9.46. The minimum atomic E-state index is -0.246. The molecule has 2 N–H and O–H groups in total. The number of hydrogen-bond acceptors (Lipinski definition) is 2. The van der Waals surface area contributed by atoms with Crippen molar-refractivity contribution in [2.24, 2.45) is 0 Å². The molecule has 0 atom stereocenters. The molecule has 1 heterocycles. The molecule has 0 amide bonds. The van der Waals surface area contributed by atoms with Gasteiger partial charge in [0.15, 0.2) is 5.11 Å². The molecule has 0 aliphatic heterocycles. The van der Waals surface area contributed by atoms with Crippen LogP contribution in [0.2, 0.25) is 0 Å². The Hall–Kier alpha value is -2.47. The molecule has 140 valence electrons. The number of aromatic amines is 1. The molecule has 0 radical (unpaired) electrons. The smallest absolute Gasteiger partial charge is 0.173 e. The van der Waals surface area contributed by atoms with Gasteiger partial charge in [0.25, 0.3) is 0 Å². The Morgan fingerprint density at radius 3 is 2.63 bits per heavy atom. The molecular formula is C21H23FN4S. The maximum Gasteiger partial charge on any atom is 0.173 e. The monoisotopic (exact) mass is 382 g/mol. The van der Waals surface area contributed by atoms with Crippen LogP contribution in [0.1, 0.15) is 31.5 Å². The van der Waals surface area contributed by atoms with Gasteiger partial charge in [-0.3, -0.25) is 0 Å². The third-order valence-corrected chi connectivity index (χ3v) is 5.49. The van der Waals surface area contributed by atoms with Gasteiger partial charge in [0, 0.05) is 24.7 Å². The lowest BCUT2D eigenvalue weighted by Gasteiger charge is -2.31. The second-order valence-electron chi connectivity index (χ2n) is 7.02. The summed E-state index contributed by atoms with van der Waals surface area (Å²) in [6, 6.07) is 14.8. The molecule has 0 spiro atoms. The van der Waals surface area contributed by atoms with Gasteiger partial charge in [-0.1, -0.05) is 25.0 Å². The van der Waals surface area contributed by atoms with Crippen LogP contribution in [0.4, 0.5) is 10.1 Å².